The molecule has 0 spiro atoms. The van der Waals surface area contributed by atoms with Crippen molar-refractivity contribution < 1.29 is 23.5 Å². The van der Waals surface area contributed by atoms with E-state index in [9.17, 15) is 14.0 Å². The summed E-state index contributed by atoms with van der Waals surface area (Å²) in [5, 5.41) is -0.270. The minimum atomic E-state index is -0.301. The summed E-state index contributed by atoms with van der Waals surface area (Å²) < 4.78 is 24.3. The first-order valence-electron chi connectivity index (χ1n) is 10.4. The highest BCUT2D eigenvalue weighted by Gasteiger charge is 2.34. The van der Waals surface area contributed by atoms with Gasteiger partial charge < -0.3 is 9.47 Å². The van der Waals surface area contributed by atoms with Crippen molar-refractivity contribution in [3.05, 3.63) is 100 Å². The van der Waals surface area contributed by atoms with Crippen molar-refractivity contribution in [1.82, 2.24) is 4.90 Å². The Balaban J connectivity index is 1.43. The monoisotopic (exact) mass is 463 g/mol. The summed E-state index contributed by atoms with van der Waals surface area (Å²) >= 11 is 0.934. The maximum Gasteiger partial charge on any atom is 0.293 e. The fraction of sp³-hybridized carbons (Fsp3) is 0.154. The van der Waals surface area contributed by atoms with E-state index < -0.39 is 0 Å². The molecule has 1 fully saturated rings. The molecular formula is C26H22FNO4S. The maximum absolute atomic E-state index is 13.1. The molecule has 4 rings (SSSR count). The van der Waals surface area contributed by atoms with Crippen molar-refractivity contribution in [2.45, 2.75) is 13.0 Å². The molecule has 1 heterocycles. The van der Waals surface area contributed by atoms with Gasteiger partial charge in [-0.05, 0) is 65.2 Å². The number of hydrogen-bond donors (Lipinski definition) is 0. The fourth-order valence-corrected chi connectivity index (χ4v) is 4.23. The number of nitrogens with zero attached hydrogens (tertiary/aromatic N) is 1. The van der Waals surface area contributed by atoms with Gasteiger partial charge in [-0.15, -0.1) is 0 Å². The summed E-state index contributed by atoms with van der Waals surface area (Å²) in [6.45, 7) is 0.599. The Hall–Kier alpha value is -3.58. The van der Waals surface area contributed by atoms with Crippen LogP contribution in [0.1, 0.15) is 16.7 Å². The summed E-state index contributed by atoms with van der Waals surface area (Å²) in [4.78, 5) is 26.8. The number of thioether (sulfide) groups is 1. The molecule has 0 aromatic heterocycles. The standard InChI is InChI=1S/C26H22FNO4S/c1-31-23-15-20(9-12-22(23)32-17-19-7-10-21(27)11-8-19)16-24-25(29)28(26(30)33-24)14-13-18-5-3-2-4-6-18/h2-12,15-16H,13-14,17H2,1H3/b24-16-. The molecule has 0 saturated carbocycles. The second kappa shape index (κ2) is 10.4. The fourth-order valence-electron chi connectivity index (χ4n) is 3.36. The highest BCUT2D eigenvalue weighted by molar-refractivity contribution is 8.18. The SMILES string of the molecule is COc1cc(/C=C2\SC(=O)N(CCc3ccccc3)C2=O)ccc1OCc1ccc(F)cc1. The van der Waals surface area contributed by atoms with Gasteiger partial charge in [0.25, 0.3) is 11.1 Å². The van der Waals surface area contributed by atoms with Crippen LogP contribution in [0.2, 0.25) is 0 Å². The molecule has 168 valence electrons. The van der Waals surface area contributed by atoms with Crippen molar-refractivity contribution >= 4 is 29.0 Å². The predicted octanol–water partition coefficient (Wildman–Crippen LogP) is 5.69. The third kappa shape index (κ3) is 5.62. The molecule has 5 nitrogen and oxygen atoms in total. The van der Waals surface area contributed by atoms with Crippen molar-refractivity contribution in [1.29, 1.82) is 0 Å². The Kier molecular flexibility index (Phi) is 7.10. The lowest BCUT2D eigenvalue weighted by Gasteiger charge is -2.12. The lowest BCUT2D eigenvalue weighted by atomic mass is 10.1. The van der Waals surface area contributed by atoms with Crippen molar-refractivity contribution in [2.24, 2.45) is 0 Å². The molecule has 0 radical (unpaired) electrons. The van der Waals surface area contributed by atoms with Gasteiger partial charge >= 0.3 is 0 Å². The van der Waals surface area contributed by atoms with Crippen LogP contribution in [0.4, 0.5) is 9.18 Å². The van der Waals surface area contributed by atoms with Crippen molar-refractivity contribution in [3.63, 3.8) is 0 Å². The first-order chi connectivity index (χ1) is 16.0. The average Bonchev–Trinajstić information content (AvgIpc) is 3.10. The average molecular weight is 464 g/mol. The first-order valence-corrected chi connectivity index (χ1v) is 11.2. The molecule has 0 atom stereocenters. The smallest absolute Gasteiger partial charge is 0.293 e. The van der Waals surface area contributed by atoms with Gasteiger partial charge in [-0.1, -0.05) is 48.5 Å². The van der Waals surface area contributed by atoms with Gasteiger partial charge in [-0.25, -0.2) is 4.39 Å². The zero-order valence-corrected chi connectivity index (χ0v) is 18.8. The molecule has 0 aliphatic carbocycles. The Morgan fingerprint density at radius 2 is 1.70 bits per heavy atom. The van der Waals surface area contributed by atoms with Crippen LogP contribution in [-0.4, -0.2) is 29.7 Å². The summed E-state index contributed by atoms with van der Waals surface area (Å²) in [5.74, 6) is 0.422. The minimum absolute atomic E-state index is 0.260. The lowest BCUT2D eigenvalue weighted by Crippen LogP contribution is -2.30. The van der Waals surface area contributed by atoms with E-state index in [1.807, 2.05) is 30.3 Å². The number of benzene rings is 3. The van der Waals surface area contributed by atoms with Crippen LogP contribution in [0.3, 0.4) is 0 Å². The van der Waals surface area contributed by atoms with E-state index in [1.54, 1.807) is 36.4 Å². The molecule has 1 aliphatic heterocycles. The van der Waals surface area contributed by atoms with Crippen LogP contribution in [0.15, 0.2) is 77.7 Å². The molecule has 0 unspecified atom stereocenters. The quantitative estimate of drug-likeness (QED) is 0.402. The van der Waals surface area contributed by atoms with Crippen LogP contribution < -0.4 is 9.47 Å². The van der Waals surface area contributed by atoms with Gasteiger partial charge in [0.15, 0.2) is 11.5 Å². The van der Waals surface area contributed by atoms with Gasteiger partial charge in [0.05, 0.1) is 12.0 Å². The summed E-state index contributed by atoms with van der Waals surface area (Å²) in [5.41, 5.74) is 2.61. The zero-order valence-electron chi connectivity index (χ0n) is 18.0. The summed E-state index contributed by atoms with van der Waals surface area (Å²) in [6, 6.07) is 21.1. The van der Waals surface area contributed by atoms with E-state index in [0.717, 1.165) is 28.5 Å². The van der Waals surface area contributed by atoms with Gasteiger partial charge in [0, 0.05) is 6.54 Å². The first kappa shape index (κ1) is 22.6. The number of amides is 2. The van der Waals surface area contributed by atoms with E-state index in [4.69, 9.17) is 9.47 Å². The molecule has 0 bridgehead atoms. The number of carbonyl (C=O) groups excluding carboxylic acids is 2. The molecular weight excluding hydrogens is 441 g/mol. The Morgan fingerprint density at radius 3 is 2.42 bits per heavy atom. The van der Waals surface area contributed by atoms with Crippen LogP contribution in [0.5, 0.6) is 11.5 Å². The molecule has 1 aliphatic rings. The maximum atomic E-state index is 13.1. The van der Waals surface area contributed by atoms with Gasteiger partial charge in [0.1, 0.15) is 12.4 Å². The van der Waals surface area contributed by atoms with Gasteiger partial charge in [-0.2, -0.15) is 0 Å². The molecule has 0 N–H and O–H groups in total. The third-order valence-electron chi connectivity index (χ3n) is 5.13. The highest BCUT2D eigenvalue weighted by Crippen LogP contribution is 2.35. The lowest BCUT2D eigenvalue weighted by molar-refractivity contribution is -0.122. The predicted molar refractivity (Wildman–Crippen MR) is 127 cm³/mol. The molecule has 1 saturated heterocycles. The van der Waals surface area contributed by atoms with E-state index in [2.05, 4.69) is 0 Å². The number of ether oxygens (including phenoxy) is 2. The molecule has 3 aromatic rings. The molecule has 7 heteroatoms. The number of imide groups is 1. The van der Waals surface area contributed by atoms with E-state index in [0.29, 0.717) is 29.4 Å². The molecule has 3 aromatic carbocycles. The Morgan fingerprint density at radius 1 is 0.939 bits per heavy atom. The third-order valence-corrected chi connectivity index (χ3v) is 6.04. The largest absolute Gasteiger partial charge is 0.493 e. The number of rotatable bonds is 8. The second-order valence-electron chi connectivity index (χ2n) is 7.39. The minimum Gasteiger partial charge on any atom is -0.493 e. The zero-order chi connectivity index (χ0) is 23.2. The van der Waals surface area contributed by atoms with Gasteiger partial charge in [-0.3, -0.25) is 14.5 Å². The van der Waals surface area contributed by atoms with Crippen LogP contribution in [-0.2, 0) is 17.8 Å². The van der Waals surface area contributed by atoms with Crippen molar-refractivity contribution in [2.75, 3.05) is 13.7 Å². The Bertz CT molecular complexity index is 1180. The molecule has 33 heavy (non-hydrogen) atoms. The second-order valence-corrected chi connectivity index (χ2v) is 8.39. The van der Waals surface area contributed by atoms with E-state index in [1.165, 1.54) is 24.1 Å². The number of halogens is 1. The van der Waals surface area contributed by atoms with Gasteiger partial charge in [0.2, 0.25) is 0 Å². The van der Waals surface area contributed by atoms with E-state index in [-0.39, 0.29) is 23.6 Å². The number of hydrogen-bond acceptors (Lipinski definition) is 5. The number of carbonyl (C=O) groups is 2. The summed E-state index contributed by atoms with van der Waals surface area (Å²) in [7, 11) is 1.53. The highest BCUT2D eigenvalue weighted by atomic mass is 32.2. The van der Waals surface area contributed by atoms with Crippen LogP contribution >= 0.6 is 11.8 Å². The molecule has 2 amide bonds. The Labute approximate surface area is 195 Å². The number of methoxy groups -OCH3 is 1. The van der Waals surface area contributed by atoms with Crippen molar-refractivity contribution in [3.8, 4) is 11.5 Å². The summed E-state index contributed by atoms with van der Waals surface area (Å²) in [6.07, 6.45) is 2.29. The normalized spacial score (nSPS) is 14.7. The van der Waals surface area contributed by atoms with Crippen LogP contribution in [0.25, 0.3) is 6.08 Å². The topological polar surface area (TPSA) is 55.8 Å². The van der Waals surface area contributed by atoms with E-state index >= 15 is 0 Å². The van der Waals surface area contributed by atoms with Crippen LogP contribution in [0, 0.1) is 5.82 Å².